The van der Waals surface area contributed by atoms with Gasteiger partial charge in [-0.25, -0.2) is 9.59 Å². The molecular formula is C52H61ClN2O10Si. The summed E-state index contributed by atoms with van der Waals surface area (Å²) in [6, 6.07) is 17.0. The van der Waals surface area contributed by atoms with E-state index in [9.17, 15) is 24.5 Å². The third-order valence-corrected chi connectivity index (χ3v) is 20.2. The molecule has 6 aliphatic rings. The Kier molecular flexibility index (Phi) is 13.2. The highest BCUT2D eigenvalue weighted by Crippen LogP contribution is 2.59. The van der Waals surface area contributed by atoms with Crippen molar-refractivity contribution < 1.29 is 42.7 Å². The van der Waals surface area contributed by atoms with Crippen LogP contribution in [0.15, 0.2) is 78.0 Å². The van der Waals surface area contributed by atoms with E-state index in [0.717, 1.165) is 34.3 Å². The number of hydrogen-bond acceptors (Lipinski definition) is 10. The van der Waals surface area contributed by atoms with Crippen LogP contribution in [0.1, 0.15) is 94.5 Å². The van der Waals surface area contributed by atoms with Crippen LogP contribution < -0.4 is 4.74 Å². The number of nitro benzene ring substituents is 1. The number of rotatable bonds is 15. The Morgan fingerprint density at radius 2 is 1.52 bits per heavy atom. The fourth-order valence-electron chi connectivity index (χ4n) is 11.2. The number of carbonyl (C=O) groups excluding carboxylic acids is 3. The molecule has 350 valence electrons. The molecule has 3 aromatic carbocycles. The largest absolute Gasteiger partial charge is 0.496 e. The molecule has 0 radical (unpaired) electrons. The van der Waals surface area contributed by atoms with E-state index < -0.39 is 31.1 Å². The molecule has 0 aromatic heterocycles. The summed E-state index contributed by atoms with van der Waals surface area (Å²) in [5.74, 6) is 1.71. The second kappa shape index (κ2) is 18.4. The maximum Gasteiger partial charge on any atom is 0.355 e. The molecule has 1 saturated heterocycles. The maximum absolute atomic E-state index is 14.2. The Labute approximate surface area is 393 Å². The number of allylic oxidation sites excluding steroid dienone is 1. The van der Waals surface area contributed by atoms with Gasteiger partial charge in [-0.05, 0) is 133 Å². The van der Waals surface area contributed by atoms with Gasteiger partial charge < -0.3 is 28.3 Å². The Hall–Kier alpha value is -5.24. The summed E-state index contributed by atoms with van der Waals surface area (Å²) in [5.41, 5.74) is 5.68. The normalized spacial score (nSPS) is 24.9. The Bertz CT molecular complexity index is 2480. The van der Waals surface area contributed by atoms with E-state index in [1.807, 2.05) is 50.2 Å². The third kappa shape index (κ3) is 8.86. The van der Waals surface area contributed by atoms with Gasteiger partial charge in [0.1, 0.15) is 30.4 Å². The summed E-state index contributed by atoms with van der Waals surface area (Å²) in [7, 11) is 0.793. The maximum atomic E-state index is 14.2. The number of carbonyl (C=O) groups is 3. The van der Waals surface area contributed by atoms with Crippen molar-refractivity contribution in [2.45, 2.75) is 110 Å². The van der Waals surface area contributed by atoms with Crippen molar-refractivity contribution in [1.82, 2.24) is 4.90 Å². The summed E-state index contributed by atoms with van der Waals surface area (Å²) in [5, 5.41) is 11.6. The molecule has 9 rings (SSSR count). The average molecular weight is 938 g/mol. The first kappa shape index (κ1) is 47.3. The smallest absolute Gasteiger partial charge is 0.355 e. The van der Waals surface area contributed by atoms with Crippen LogP contribution in [0.3, 0.4) is 0 Å². The van der Waals surface area contributed by atoms with Crippen molar-refractivity contribution in [2.24, 2.45) is 35.5 Å². The lowest BCUT2D eigenvalue weighted by atomic mass is 9.54. The van der Waals surface area contributed by atoms with Gasteiger partial charge in [0.05, 0.1) is 42.2 Å². The quantitative estimate of drug-likeness (QED) is 0.0275. The lowest BCUT2D eigenvalue weighted by Gasteiger charge is -2.51. The summed E-state index contributed by atoms with van der Waals surface area (Å²) in [4.78, 5) is 52.9. The molecule has 1 amide bonds. The molecule has 66 heavy (non-hydrogen) atoms. The fraction of sp³-hybridized carbons (Fsp3) is 0.481. The van der Waals surface area contributed by atoms with Crippen molar-refractivity contribution in [2.75, 3.05) is 14.2 Å². The second-order valence-corrected chi connectivity index (χ2v) is 25.5. The van der Waals surface area contributed by atoms with E-state index in [1.54, 1.807) is 30.2 Å². The number of non-ortho nitro benzene ring substituents is 1. The number of amides is 1. The van der Waals surface area contributed by atoms with Gasteiger partial charge in [-0.15, -0.1) is 0 Å². The standard InChI is InChI=1S/C52H61ClN2O10Si/c1-29-42(47(51(58)64-28-32-12-18-39(19-13-32)55(59)60)54-46(29)43(50(54)57)30(2)65-66(8,9)52(3,4)5)35-14-10-31(11-15-35)27-63-48-36(17-21-41(56)61-6)16-20-40(45(48)53)49(62-7)44-37-23-33-22-34(25-37)26-38(44)24-33/h10-21,29-30,33-34,37-38,43,46H,22-28H2,1-9H3/b21-17+,49-44?/t29-,30+,33?,34?,37?,38?,43+,46+/m0/s1. The fourth-order valence-corrected chi connectivity index (χ4v) is 12.9. The highest BCUT2D eigenvalue weighted by Gasteiger charge is 2.61. The van der Waals surface area contributed by atoms with Crippen LogP contribution in [-0.2, 0) is 46.2 Å². The highest BCUT2D eigenvalue weighted by molar-refractivity contribution is 6.74. The van der Waals surface area contributed by atoms with Gasteiger partial charge in [0.15, 0.2) is 8.32 Å². The molecule has 4 saturated carbocycles. The van der Waals surface area contributed by atoms with E-state index in [2.05, 4.69) is 33.9 Å². The predicted molar refractivity (Wildman–Crippen MR) is 255 cm³/mol. The number of fused-ring (bicyclic) bond motifs is 1. The first-order valence-corrected chi connectivity index (χ1v) is 26.3. The van der Waals surface area contributed by atoms with Crippen molar-refractivity contribution >= 4 is 60.9 Å². The number of hydrogen-bond donors (Lipinski definition) is 0. The number of halogens is 1. The van der Waals surface area contributed by atoms with Crippen LogP contribution in [0.5, 0.6) is 5.75 Å². The van der Waals surface area contributed by atoms with Gasteiger partial charge in [-0.3, -0.25) is 14.9 Å². The number of β-lactam (4-membered cyclic amide) rings is 1. The zero-order chi connectivity index (χ0) is 47.4. The Morgan fingerprint density at radius 3 is 2.09 bits per heavy atom. The topological polar surface area (TPSA) is 144 Å². The number of ether oxygens (including phenoxy) is 4. The van der Waals surface area contributed by atoms with Crippen LogP contribution in [0.25, 0.3) is 17.4 Å². The molecular weight excluding hydrogens is 876 g/mol. The number of benzene rings is 3. The molecule has 4 aliphatic carbocycles. The van der Waals surface area contributed by atoms with Gasteiger partial charge in [-0.1, -0.05) is 69.6 Å². The predicted octanol–water partition coefficient (Wildman–Crippen LogP) is 11.2. The summed E-state index contributed by atoms with van der Waals surface area (Å²) in [6.07, 6.45) is 8.69. The van der Waals surface area contributed by atoms with Crippen molar-refractivity contribution in [3.05, 3.63) is 121 Å². The second-order valence-electron chi connectivity index (χ2n) is 20.3. The molecule has 0 unspecified atom stereocenters. The van der Waals surface area contributed by atoms with Gasteiger partial charge >= 0.3 is 11.9 Å². The molecule has 4 bridgehead atoms. The lowest BCUT2D eigenvalue weighted by Crippen LogP contribution is -2.65. The Balaban J connectivity index is 1.08. The molecule has 4 atom stereocenters. The molecule has 14 heteroatoms. The monoisotopic (exact) mass is 936 g/mol. The van der Waals surface area contributed by atoms with Crippen molar-refractivity contribution in [3.8, 4) is 5.75 Å². The van der Waals surface area contributed by atoms with Crippen LogP contribution in [0.4, 0.5) is 5.69 Å². The number of nitrogens with zero attached hydrogens (tertiary/aromatic N) is 2. The minimum atomic E-state index is -2.24. The first-order chi connectivity index (χ1) is 31.3. The van der Waals surface area contributed by atoms with Gasteiger partial charge in [0, 0.05) is 35.3 Å². The van der Waals surface area contributed by atoms with E-state index in [0.29, 0.717) is 39.3 Å². The molecule has 0 N–H and O–H groups in total. The summed E-state index contributed by atoms with van der Waals surface area (Å²) in [6.45, 7) is 14.8. The molecule has 2 heterocycles. The first-order valence-electron chi connectivity index (χ1n) is 23.1. The zero-order valence-electron chi connectivity index (χ0n) is 39.4. The lowest BCUT2D eigenvalue weighted by molar-refractivity contribution is -0.384. The molecule has 3 aromatic rings. The van der Waals surface area contributed by atoms with E-state index >= 15 is 0 Å². The zero-order valence-corrected chi connectivity index (χ0v) is 41.1. The molecule has 2 aliphatic heterocycles. The van der Waals surface area contributed by atoms with Crippen molar-refractivity contribution in [1.29, 1.82) is 0 Å². The van der Waals surface area contributed by atoms with Gasteiger partial charge in [0.2, 0.25) is 5.91 Å². The van der Waals surface area contributed by atoms with Gasteiger partial charge in [0.25, 0.3) is 5.69 Å². The van der Waals surface area contributed by atoms with E-state index in [1.165, 1.54) is 63.0 Å². The highest BCUT2D eigenvalue weighted by atomic mass is 35.5. The van der Waals surface area contributed by atoms with Crippen LogP contribution in [0.2, 0.25) is 23.2 Å². The number of nitro groups is 1. The van der Waals surface area contributed by atoms with Crippen LogP contribution in [0, 0.1) is 45.6 Å². The third-order valence-electron chi connectivity index (χ3n) is 15.3. The molecule has 0 spiro atoms. The average Bonchev–Trinajstić information content (AvgIpc) is 3.53. The number of methoxy groups -OCH3 is 2. The van der Waals surface area contributed by atoms with Gasteiger partial charge in [-0.2, -0.15) is 0 Å². The van der Waals surface area contributed by atoms with Crippen LogP contribution in [-0.4, -0.2) is 62.4 Å². The summed E-state index contributed by atoms with van der Waals surface area (Å²) >= 11 is 7.30. The minimum absolute atomic E-state index is 0.0646. The SMILES string of the molecule is COC(=O)/C=C/c1ccc(C(OC)=C2C3CC4CC(C3)CC2C4)c(Cl)c1OCc1ccc(C2=C(C(=O)OCc3ccc([N+](=O)[O-])cc3)N3C(=O)[C@H]([C@@H](C)O[Si](C)(C)C(C)(C)C)[C@H]3[C@H]2C)cc1. The summed E-state index contributed by atoms with van der Waals surface area (Å²) < 4.78 is 30.2. The van der Waals surface area contributed by atoms with Crippen LogP contribution >= 0.6 is 11.6 Å². The van der Waals surface area contributed by atoms with E-state index in [-0.39, 0.29) is 53.6 Å². The molecule has 5 fully saturated rings. The van der Waals surface area contributed by atoms with E-state index in [4.69, 9.17) is 35.0 Å². The van der Waals surface area contributed by atoms with Crippen molar-refractivity contribution in [3.63, 3.8) is 0 Å². The minimum Gasteiger partial charge on any atom is -0.496 e. The molecule has 12 nitrogen and oxygen atoms in total. The Morgan fingerprint density at radius 1 is 0.909 bits per heavy atom. The number of esters is 2.